The van der Waals surface area contributed by atoms with Gasteiger partial charge in [-0.15, -0.1) is 0 Å². The molecule has 2 heterocycles. The normalized spacial score (nSPS) is 34.0. The number of piperidine rings is 1. The average molecular weight is 302 g/mol. The molecule has 122 valence electrons. The Hall–Kier alpha value is -0.730. The van der Waals surface area contributed by atoms with Crippen LogP contribution in [0.2, 0.25) is 0 Å². The molecule has 2 fully saturated rings. The average Bonchev–Trinajstić information content (AvgIpc) is 2.82. The lowest BCUT2D eigenvalue weighted by Gasteiger charge is -2.36. The SMILES string of the molecule is COCC(=O)NCC1OC(CO)C(O)C1N1CCCCC1. The van der Waals surface area contributed by atoms with Crippen LogP contribution < -0.4 is 5.32 Å². The van der Waals surface area contributed by atoms with Crippen LogP contribution in [0.1, 0.15) is 19.3 Å². The van der Waals surface area contributed by atoms with Crippen molar-refractivity contribution in [2.75, 3.05) is 40.0 Å². The van der Waals surface area contributed by atoms with Gasteiger partial charge in [-0.25, -0.2) is 0 Å². The quantitative estimate of drug-likeness (QED) is 0.566. The molecule has 0 aromatic heterocycles. The van der Waals surface area contributed by atoms with E-state index in [2.05, 4.69) is 10.2 Å². The zero-order chi connectivity index (χ0) is 15.2. The zero-order valence-electron chi connectivity index (χ0n) is 12.5. The van der Waals surface area contributed by atoms with Gasteiger partial charge in [-0.05, 0) is 25.9 Å². The zero-order valence-corrected chi connectivity index (χ0v) is 12.5. The molecule has 1 amide bonds. The van der Waals surface area contributed by atoms with E-state index < -0.39 is 12.2 Å². The number of carbonyl (C=O) groups excluding carboxylic acids is 1. The second kappa shape index (κ2) is 8.05. The van der Waals surface area contributed by atoms with Gasteiger partial charge in [0.2, 0.25) is 5.91 Å². The van der Waals surface area contributed by atoms with Crippen molar-refractivity contribution in [1.29, 1.82) is 0 Å². The molecule has 4 atom stereocenters. The van der Waals surface area contributed by atoms with Crippen molar-refractivity contribution in [2.24, 2.45) is 0 Å². The number of nitrogens with zero attached hydrogens (tertiary/aromatic N) is 1. The highest BCUT2D eigenvalue weighted by Crippen LogP contribution is 2.27. The number of likely N-dealkylation sites (tertiary alicyclic amines) is 1. The van der Waals surface area contributed by atoms with Gasteiger partial charge >= 0.3 is 0 Å². The van der Waals surface area contributed by atoms with E-state index in [1.54, 1.807) is 0 Å². The third kappa shape index (κ3) is 4.14. The first-order chi connectivity index (χ1) is 10.2. The van der Waals surface area contributed by atoms with Crippen LogP contribution in [0.3, 0.4) is 0 Å². The van der Waals surface area contributed by atoms with E-state index in [1.807, 2.05) is 0 Å². The molecule has 4 unspecified atom stereocenters. The summed E-state index contributed by atoms with van der Waals surface area (Å²) in [6.07, 6.45) is 1.81. The van der Waals surface area contributed by atoms with E-state index in [9.17, 15) is 15.0 Å². The van der Waals surface area contributed by atoms with E-state index in [-0.39, 0.29) is 31.3 Å². The Balaban J connectivity index is 1.96. The van der Waals surface area contributed by atoms with Crippen LogP contribution in [-0.2, 0) is 14.3 Å². The Kier molecular flexibility index (Phi) is 6.38. The Morgan fingerprint density at radius 2 is 2.05 bits per heavy atom. The number of hydrogen-bond acceptors (Lipinski definition) is 6. The summed E-state index contributed by atoms with van der Waals surface area (Å²) in [5.74, 6) is -0.208. The number of carbonyl (C=O) groups is 1. The van der Waals surface area contributed by atoms with Gasteiger partial charge < -0.3 is 25.0 Å². The Morgan fingerprint density at radius 1 is 1.33 bits per heavy atom. The lowest BCUT2D eigenvalue weighted by Crippen LogP contribution is -2.52. The summed E-state index contributed by atoms with van der Waals surface area (Å²) >= 11 is 0. The molecule has 7 heteroatoms. The number of amides is 1. The molecule has 2 aliphatic heterocycles. The van der Waals surface area contributed by atoms with Gasteiger partial charge in [-0.1, -0.05) is 6.42 Å². The van der Waals surface area contributed by atoms with Gasteiger partial charge in [-0.3, -0.25) is 9.69 Å². The molecule has 2 aliphatic rings. The first kappa shape index (κ1) is 16.6. The first-order valence-electron chi connectivity index (χ1n) is 7.61. The van der Waals surface area contributed by atoms with Gasteiger partial charge in [0.1, 0.15) is 18.8 Å². The molecular weight excluding hydrogens is 276 g/mol. The van der Waals surface area contributed by atoms with Crippen LogP contribution in [0.15, 0.2) is 0 Å². The monoisotopic (exact) mass is 302 g/mol. The number of hydrogen-bond donors (Lipinski definition) is 3. The van der Waals surface area contributed by atoms with Crippen molar-refractivity contribution in [3.63, 3.8) is 0 Å². The summed E-state index contributed by atoms with van der Waals surface area (Å²) in [4.78, 5) is 13.7. The number of ether oxygens (including phenoxy) is 2. The van der Waals surface area contributed by atoms with Crippen molar-refractivity contribution in [1.82, 2.24) is 10.2 Å². The van der Waals surface area contributed by atoms with Gasteiger partial charge in [0.25, 0.3) is 0 Å². The topological polar surface area (TPSA) is 91.3 Å². The summed E-state index contributed by atoms with van der Waals surface area (Å²) in [7, 11) is 1.47. The lowest BCUT2D eigenvalue weighted by molar-refractivity contribution is -0.125. The maximum Gasteiger partial charge on any atom is 0.246 e. The molecule has 21 heavy (non-hydrogen) atoms. The largest absolute Gasteiger partial charge is 0.394 e. The second-order valence-electron chi connectivity index (χ2n) is 5.71. The molecule has 0 aromatic carbocycles. The Labute approximate surface area is 125 Å². The molecule has 0 saturated carbocycles. The molecule has 2 saturated heterocycles. The number of rotatable bonds is 6. The van der Waals surface area contributed by atoms with Crippen molar-refractivity contribution >= 4 is 5.91 Å². The van der Waals surface area contributed by atoms with Crippen molar-refractivity contribution in [3.05, 3.63) is 0 Å². The highest BCUT2D eigenvalue weighted by Gasteiger charge is 2.46. The molecule has 2 rings (SSSR count). The molecule has 0 bridgehead atoms. The van der Waals surface area contributed by atoms with Crippen molar-refractivity contribution < 1.29 is 24.5 Å². The van der Waals surface area contributed by atoms with E-state index in [0.29, 0.717) is 6.54 Å². The van der Waals surface area contributed by atoms with Crippen LogP contribution in [0.4, 0.5) is 0 Å². The summed E-state index contributed by atoms with van der Waals surface area (Å²) in [6.45, 7) is 1.95. The summed E-state index contributed by atoms with van der Waals surface area (Å²) in [5, 5.41) is 22.4. The van der Waals surface area contributed by atoms with Crippen LogP contribution in [0, 0.1) is 0 Å². The molecular formula is C14H26N2O5. The van der Waals surface area contributed by atoms with Crippen LogP contribution in [0.5, 0.6) is 0 Å². The summed E-state index contributed by atoms with van der Waals surface area (Å²) in [6, 6.07) is -0.176. The molecule has 7 nitrogen and oxygen atoms in total. The smallest absolute Gasteiger partial charge is 0.246 e. The lowest BCUT2D eigenvalue weighted by atomic mass is 9.99. The van der Waals surface area contributed by atoms with E-state index in [1.165, 1.54) is 13.5 Å². The summed E-state index contributed by atoms with van der Waals surface area (Å²) < 4.78 is 10.5. The molecule has 0 spiro atoms. The van der Waals surface area contributed by atoms with Gasteiger partial charge in [0.05, 0.1) is 18.8 Å². The minimum Gasteiger partial charge on any atom is -0.394 e. The predicted molar refractivity (Wildman–Crippen MR) is 75.9 cm³/mol. The number of methoxy groups -OCH3 is 1. The predicted octanol–water partition coefficient (Wildman–Crippen LogP) is -1.28. The van der Waals surface area contributed by atoms with E-state index in [0.717, 1.165) is 25.9 Å². The molecule has 0 aromatic rings. The number of nitrogens with one attached hydrogen (secondary N) is 1. The highest BCUT2D eigenvalue weighted by molar-refractivity contribution is 5.77. The van der Waals surface area contributed by atoms with E-state index in [4.69, 9.17) is 9.47 Å². The second-order valence-corrected chi connectivity index (χ2v) is 5.71. The third-order valence-corrected chi connectivity index (χ3v) is 4.23. The van der Waals surface area contributed by atoms with Crippen molar-refractivity contribution in [3.8, 4) is 0 Å². The highest BCUT2D eigenvalue weighted by atomic mass is 16.5. The standard InChI is InChI=1S/C14H26N2O5/c1-20-9-12(18)15-7-10-13(14(19)11(8-17)21-10)16-5-3-2-4-6-16/h10-11,13-14,17,19H,2-9H2,1H3,(H,15,18). The van der Waals surface area contributed by atoms with Gasteiger partial charge in [-0.2, -0.15) is 0 Å². The summed E-state index contributed by atoms with van der Waals surface area (Å²) in [5.41, 5.74) is 0. The van der Waals surface area contributed by atoms with E-state index >= 15 is 0 Å². The molecule has 0 aliphatic carbocycles. The number of aliphatic hydroxyl groups is 2. The molecule has 0 radical (unpaired) electrons. The fourth-order valence-corrected chi connectivity index (χ4v) is 3.21. The maximum atomic E-state index is 11.5. The first-order valence-corrected chi connectivity index (χ1v) is 7.61. The number of aliphatic hydroxyl groups excluding tert-OH is 2. The minimum absolute atomic E-state index is 0.00703. The van der Waals surface area contributed by atoms with Crippen LogP contribution >= 0.6 is 0 Å². The Morgan fingerprint density at radius 3 is 2.67 bits per heavy atom. The fraction of sp³-hybridized carbons (Fsp3) is 0.929. The molecule has 3 N–H and O–H groups in total. The van der Waals surface area contributed by atoms with Crippen LogP contribution in [-0.4, -0.2) is 85.3 Å². The fourth-order valence-electron chi connectivity index (χ4n) is 3.21. The third-order valence-electron chi connectivity index (χ3n) is 4.23. The van der Waals surface area contributed by atoms with Gasteiger partial charge in [0, 0.05) is 13.7 Å². The van der Waals surface area contributed by atoms with Crippen molar-refractivity contribution in [2.45, 2.75) is 43.6 Å². The van der Waals surface area contributed by atoms with Gasteiger partial charge in [0.15, 0.2) is 0 Å². The minimum atomic E-state index is -0.725. The maximum absolute atomic E-state index is 11.5. The Bertz CT molecular complexity index is 335. The van der Waals surface area contributed by atoms with Crippen LogP contribution in [0.25, 0.3) is 0 Å².